The summed E-state index contributed by atoms with van der Waals surface area (Å²) in [5, 5.41) is 0.307. The van der Waals surface area contributed by atoms with E-state index in [1.807, 2.05) is 0 Å². The molecule has 0 saturated heterocycles. The molecule has 0 saturated carbocycles. The van der Waals surface area contributed by atoms with E-state index in [-0.39, 0.29) is 5.69 Å². The molecule has 47 valence electrons. The Morgan fingerprint density at radius 2 is 2.33 bits per heavy atom. The Morgan fingerprint density at radius 1 is 1.67 bits per heavy atom. The van der Waals surface area contributed by atoms with Crippen LogP contribution in [0.3, 0.4) is 0 Å². The van der Waals surface area contributed by atoms with Crippen LogP contribution in [0.5, 0.6) is 0 Å². The lowest BCUT2D eigenvalue weighted by Crippen LogP contribution is -1.88. The van der Waals surface area contributed by atoms with E-state index in [4.69, 9.17) is 17.3 Å². The van der Waals surface area contributed by atoms with Gasteiger partial charge in [-0.05, 0) is 12.1 Å². The molecule has 0 aromatic heterocycles. The standard InChI is InChI=1S/C6H4ClFN/c7-4-1-2-6(9)5(8)3-4/h1,3H,9H2. The summed E-state index contributed by atoms with van der Waals surface area (Å²) >= 11 is 5.39. The molecule has 9 heavy (non-hydrogen) atoms. The Balaban J connectivity index is 3.17. The van der Waals surface area contributed by atoms with Crippen LogP contribution >= 0.6 is 11.6 Å². The van der Waals surface area contributed by atoms with Gasteiger partial charge in [0.05, 0.1) is 5.69 Å². The van der Waals surface area contributed by atoms with Crippen molar-refractivity contribution in [1.82, 2.24) is 0 Å². The maximum atomic E-state index is 12.3. The summed E-state index contributed by atoms with van der Waals surface area (Å²) in [6.45, 7) is 0. The highest BCUT2D eigenvalue weighted by Crippen LogP contribution is 2.14. The van der Waals surface area contributed by atoms with Gasteiger partial charge in [0.25, 0.3) is 0 Å². The Kier molecular flexibility index (Phi) is 1.58. The van der Waals surface area contributed by atoms with E-state index in [2.05, 4.69) is 6.07 Å². The lowest BCUT2D eigenvalue weighted by molar-refractivity contribution is 0.632. The maximum absolute atomic E-state index is 12.3. The van der Waals surface area contributed by atoms with Crippen LogP contribution in [0.4, 0.5) is 10.1 Å². The average Bonchev–Trinajstić information content (AvgIpc) is 1.80. The molecule has 0 bridgehead atoms. The largest absolute Gasteiger partial charge is 0.396 e. The Bertz CT molecular complexity index is 224. The number of hydrogen-bond acceptors (Lipinski definition) is 1. The van der Waals surface area contributed by atoms with Gasteiger partial charge in [0.1, 0.15) is 5.82 Å². The lowest BCUT2D eigenvalue weighted by Gasteiger charge is -1.92. The molecule has 0 aliphatic rings. The zero-order valence-electron chi connectivity index (χ0n) is 4.49. The summed E-state index contributed by atoms with van der Waals surface area (Å²) in [6, 6.07) is 5.00. The van der Waals surface area contributed by atoms with Crippen LogP contribution in [-0.2, 0) is 0 Å². The second-order valence-corrected chi connectivity index (χ2v) is 2.02. The van der Waals surface area contributed by atoms with Crippen LogP contribution < -0.4 is 5.73 Å². The molecule has 0 atom stereocenters. The molecule has 0 fully saturated rings. The number of nitrogens with two attached hydrogens (primary N) is 1. The predicted molar refractivity (Wildman–Crippen MR) is 34.7 cm³/mol. The van der Waals surface area contributed by atoms with Gasteiger partial charge in [-0.2, -0.15) is 0 Å². The number of hydrogen-bond donors (Lipinski definition) is 1. The van der Waals surface area contributed by atoms with E-state index in [9.17, 15) is 4.39 Å². The highest BCUT2D eigenvalue weighted by molar-refractivity contribution is 6.30. The quantitative estimate of drug-likeness (QED) is 0.553. The fourth-order valence-electron chi connectivity index (χ4n) is 0.456. The van der Waals surface area contributed by atoms with Gasteiger partial charge in [-0.1, -0.05) is 11.6 Å². The summed E-state index contributed by atoms with van der Waals surface area (Å²) in [7, 11) is 0. The number of halogens is 2. The van der Waals surface area contributed by atoms with Crippen LogP contribution in [0.25, 0.3) is 0 Å². The van der Waals surface area contributed by atoms with E-state index in [1.54, 1.807) is 0 Å². The average molecular weight is 145 g/mol. The van der Waals surface area contributed by atoms with Crippen molar-refractivity contribution < 1.29 is 4.39 Å². The SMILES string of the molecule is Nc1[c]cc(Cl)cc1F. The third-order valence-corrected chi connectivity index (χ3v) is 1.11. The molecule has 1 rings (SSSR count). The number of benzene rings is 1. The van der Waals surface area contributed by atoms with Crippen molar-refractivity contribution in [3.8, 4) is 0 Å². The van der Waals surface area contributed by atoms with Crippen molar-refractivity contribution in [3.63, 3.8) is 0 Å². The Hall–Kier alpha value is -0.760. The van der Waals surface area contributed by atoms with E-state index in [0.717, 1.165) is 6.07 Å². The number of rotatable bonds is 0. The van der Waals surface area contributed by atoms with Crippen LogP contribution in [-0.4, -0.2) is 0 Å². The highest BCUT2D eigenvalue weighted by atomic mass is 35.5. The van der Waals surface area contributed by atoms with Crippen LogP contribution in [0.1, 0.15) is 0 Å². The van der Waals surface area contributed by atoms with Crippen molar-refractivity contribution in [2.75, 3.05) is 5.73 Å². The minimum Gasteiger partial charge on any atom is -0.396 e. The van der Waals surface area contributed by atoms with Gasteiger partial charge in [-0.25, -0.2) is 4.39 Å². The molecule has 0 spiro atoms. The summed E-state index contributed by atoms with van der Waals surface area (Å²) in [4.78, 5) is 0. The summed E-state index contributed by atoms with van der Waals surface area (Å²) < 4.78 is 12.3. The molecule has 0 amide bonds. The van der Waals surface area contributed by atoms with Crippen molar-refractivity contribution >= 4 is 17.3 Å². The Labute approximate surface area is 57.2 Å². The third-order valence-electron chi connectivity index (χ3n) is 0.887. The smallest absolute Gasteiger partial charge is 0.148 e. The summed E-state index contributed by atoms with van der Waals surface area (Å²) in [6.07, 6.45) is 0. The first-order chi connectivity index (χ1) is 4.20. The predicted octanol–water partition coefficient (Wildman–Crippen LogP) is 1.86. The molecular weight excluding hydrogens is 141 g/mol. The van der Waals surface area contributed by atoms with Gasteiger partial charge in [0, 0.05) is 11.1 Å². The van der Waals surface area contributed by atoms with Crippen LogP contribution in [0.2, 0.25) is 5.02 Å². The maximum Gasteiger partial charge on any atom is 0.148 e. The normalized spacial score (nSPS) is 9.56. The van der Waals surface area contributed by atoms with Crippen molar-refractivity contribution in [3.05, 3.63) is 29.0 Å². The van der Waals surface area contributed by atoms with Crippen molar-refractivity contribution in [2.45, 2.75) is 0 Å². The minimum absolute atomic E-state index is 0.000556. The first-order valence-corrected chi connectivity index (χ1v) is 2.70. The highest BCUT2D eigenvalue weighted by Gasteiger charge is 1.96. The summed E-state index contributed by atoms with van der Waals surface area (Å²) in [5.74, 6) is -0.525. The summed E-state index contributed by atoms with van der Waals surface area (Å²) in [5.41, 5.74) is 5.10. The Morgan fingerprint density at radius 3 is 2.78 bits per heavy atom. The second-order valence-electron chi connectivity index (χ2n) is 1.58. The number of anilines is 1. The first-order valence-electron chi connectivity index (χ1n) is 2.32. The van der Waals surface area contributed by atoms with E-state index in [1.165, 1.54) is 6.07 Å². The van der Waals surface area contributed by atoms with E-state index in [0.29, 0.717) is 5.02 Å². The van der Waals surface area contributed by atoms with Gasteiger partial charge in [0.2, 0.25) is 0 Å². The lowest BCUT2D eigenvalue weighted by atomic mass is 10.3. The molecular formula is C6H4ClFN. The van der Waals surface area contributed by atoms with E-state index < -0.39 is 5.82 Å². The minimum atomic E-state index is -0.525. The first kappa shape index (κ1) is 6.36. The molecule has 2 N–H and O–H groups in total. The van der Waals surface area contributed by atoms with E-state index >= 15 is 0 Å². The molecule has 3 heteroatoms. The van der Waals surface area contributed by atoms with Crippen LogP contribution in [0, 0.1) is 11.9 Å². The number of nitrogen functional groups attached to an aromatic ring is 1. The topological polar surface area (TPSA) is 26.0 Å². The van der Waals surface area contributed by atoms with Gasteiger partial charge in [-0.15, -0.1) is 0 Å². The van der Waals surface area contributed by atoms with Crippen LogP contribution in [0.15, 0.2) is 12.1 Å². The van der Waals surface area contributed by atoms with Gasteiger partial charge in [0.15, 0.2) is 0 Å². The monoisotopic (exact) mass is 144 g/mol. The molecule has 1 radical (unpaired) electrons. The molecule has 1 aromatic rings. The molecule has 0 aliphatic carbocycles. The van der Waals surface area contributed by atoms with Gasteiger partial charge in [-0.3, -0.25) is 0 Å². The molecule has 0 aliphatic heterocycles. The fraction of sp³-hybridized carbons (Fsp3) is 0. The fourth-order valence-corrected chi connectivity index (χ4v) is 0.606. The van der Waals surface area contributed by atoms with Gasteiger partial charge < -0.3 is 5.73 Å². The zero-order chi connectivity index (χ0) is 6.85. The van der Waals surface area contributed by atoms with Crippen molar-refractivity contribution in [2.24, 2.45) is 0 Å². The molecule has 0 unspecified atom stereocenters. The third kappa shape index (κ3) is 1.33. The zero-order valence-corrected chi connectivity index (χ0v) is 5.24. The molecule has 1 nitrogen and oxygen atoms in total. The molecule has 1 aromatic carbocycles. The van der Waals surface area contributed by atoms with Gasteiger partial charge >= 0.3 is 0 Å². The second kappa shape index (κ2) is 2.23. The van der Waals surface area contributed by atoms with Crippen molar-refractivity contribution in [1.29, 1.82) is 0 Å². The molecule has 0 heterocycles.